The third-order valence-corrected chi connectivity index (χ3v) is 5.93. The van der Waals surface area contributed by atoms with Crippen molar-refractivity contribution in [1.29, 1.82) is 0 Å². The molecule has 3 N–H and O–H groups in total. The summed E-state index contributed by atoms with van der Waals surface area (Å²) in [5.74, 6) is 0.181. The first-order valence-corrected chi connectivity index (χ1v) is 12.0. The number of nitrogens with zero attached hydrogens (tertiary/aromatic N) is 1. The molecule has 0 spiro atoms. The Labute approximate surface area is 173 Å². The van der Waals surface area contributed by atoms with Crippen LogP contribution < -0.4 is 5.09 Å². The van der Waals surface area contributed by atoms with Gasteiger partial charge in [-0.3, -0.25) is 9.36 Å². The Kier molecular flexibility index (Phi) is 22.1. The summed E-state index contributed by atoms with van der Waals surface area (Å²) in [6, 6.07) is 0. The quantitative estimate of drug-likeness (QED) is 0.177. The molecule has 0 amide bonds. The smallest absolute Gasteiger partial charge is 0.343 e. The summed E-state index contributed by atoms with van der Waals surface area (Å²) in [7, 11) is -3.19. The molecular formula is C13H27BrCl3N2O5P. The van der Waals surface area contributed by atoms with Gasteiger partial charge >= 0.3 is 13.6 Å². The number of carboxylic acids is 1. The van der Waals surface area contributed by atoms with E-state index in [0.29, 0.717) is 37.8 Å². The number of rotatable bonds is 15. The van der Waals surface area contributed by atoms with E-state index in [1.54, 1.807) is 4.67 Å². The van der Waals surface area contributed by atoms with Gasteiger partial charge in [-0.15, -0.1) is 34.8 Å². The fourth-order valence-electron chi connectivity index (χ4n) is 1.47. The van der Waals surface area contributed by atoms with Crippen LogP contribution in [0.3, 0.4) is 0 Å². The van der Waals surface area contributed by atoms with Gasteiger partial charge in [0.1, 0.15) is 0 Å². The molecule has 0 aromatic rings. The van der Waals surface area contributed by atoms with Gasteiger partial charge in [-0.2, -0.15) is 0 Å². The Morgan fingerprint density at radius 3 is 2.12 bits per heavy atom. The number of carbonyl (C=O) groups is 1. The molecule has 0 aliphatic carbocycles. The van der Waals surface area contributed by atoms with E-state index in [0.717, 1.165) is 11.8 Å². The van der Waals surface area contributed by atoms with Crippen molar-refractivity contribution < 1.29 is 24.1 Å². The second kappa shape index (κ2) is 19.6. The lowest BCUT2D eigenvalue weighted by Crippen LogP contribution is -2.33. The normalized spacial score (nSPS) is 13.2. The van der Waals surface area contributed by atoms with Crippen LogP contribution >= 0.6 is 58.4 Å². The molecule has 0 aromatic heterocycles. The van der Waals surface area contributed by atoms with Crippen LogP contribution in [0.25, 0.3) is 0 Å². The monoisotopic (exact) mass is 506 g/mol. The highest BCUT2D eigenvalue weighted by Crippen LogP contribution is 2.46. The van der Waals surface area contributed by atoms with Crippen LogP contribution in [0.5, 0.6) is 0 Å². The highest BCUT2D eigenvalue weighted by atomic mass is 79.9. The van der Waals surface area contributed by atoms with Crippen molar-refractivity contribution >= 4 is 64.4 Å². The Hall–Kier alpha value is 0.890. The van der Waals surface area contributed by atoms with Crippen LogP contribution in [0.2, 0.25) is 0 Å². The summed E-state index contributed by atoms with van der Waals surface area (Å²) in [6.45, 7) is 1.39. The van der Waals surface area contributed by atoms with Crippen LogP contribution in [0.4, 0.5) is 0 Å². The van der Waals surface area contributed by atoms with Gasteiger partial charge in [-0.25, -0.2) is 9.76 Å². The Morgan fingerprint density at radius 1 is 1.16 bits per heavy atom. The molecule has 0 aliphatic rings. The molecule has 1 atom stereocenters. The van der Waals surface area contributed by atoms with Gasteiger partial charge in [-0.1, -0.05) is 15.9 Å². The van der Waals surface area contributed by atoms with E-state index >= 15 is 0 Å². The summed E-state index contributed by atoms with van der Waals surface area (Å²) in [5, 5.41) is 20.4. The first kappa shape index (κ1) is 28.1. The molecule has 12 heteroatoms. The van der Waals surface area contributed by atoms with Crippen molar-refractivity contribution in [3.8, 4) is 0 Å². The maximum Gasteiger partial charge on any atom is 0.343 e. The fraction of sp³-hybridized carbons (Fsp3) is 0.923. The summed E-state index contributed by atoms with van der Waals surface area (Å²) in [6.07, 6.45) is 1.48. The number of aliphatic carboxylic acids is 1. The van der Waals surface area contributed by atoms with Gasteiger partial charge in [0.15, 0.2) is 0 Å². The molecule has 0 saturated carbocycles. The number of halogens is 4. The summed E-state index contributed by atoms with van der Waals surface area (Å²) < 4.78 is 19.6. The molecule has 0 radical (unpaired) electrons. The molecule has 0 heterocycles. The first-order valence-electron chi connectivity index (χ1n) is 7.73. The van der Waals surface area contributed by atoms with E-state index < -0.39 is 13.6 Å². The molecule has 0 aliphatic heterocycles. The van der Waals surface area contributed by atoms with E-state index in [9.17, 15) is 9.36 Å². The lowest BCUT2D eigenvalue weighted by atomic mass is 10.3. The van der Waals surface area contributed by atoms with Crippen LogP contribution in [-0.4, -0.2) is 76.7 Å². The van der Waals surface area contributed by atoms with Crippen LogP contribution in [-0.2, 0) is 13.9 Å². The molecule has 0 rings (SSSR count). The molecule has 0 bridgehead atoms. The maximum absolute atomic E-state index is 12.7. The van der Waals surface area contributed by atoms with E-state index in [2.05, 4.69) is 21.0 Å². The third-order valence-electron chi connectivity index (χ3n) is 2.57. The highest BCUT2D eigenvalue weighted by Gasteiger charge is 2.30. The largest absolute Gasteiger partial charge is 0.481 e. The Morgan fingerprint density at radius 2 is 1.76 bits per heavy atom. The predicted octanol–water partition coefficient (Wildman–Crippen LogP) is 3.35. The molecule has 152 valence electrons. The van der Waals surface area contributed by atoms with Gasteiger partial charge in [0.2, 0.25) is 0 Å². The second-order valence-electron chi connectivity index (χ2n) is 4.55. The first-order chi connectivity index (χ1) is 11.9. The van der Waals surface area contributed by atoms with Gasteiger partial charge in [0, 0.05) is 55.6 Å². The summed E-state index contributed by atoms with van der Waals surface area (Å²) in [4.78, 5) is 9.74. The van der Waals surface area contributed by atoms with E-state index in [-0.39, 0.29) is 25.5 Å². The Balaban J connectivity index is 0. The topological polar surface area (TPSA) is 99.1 Å². The molecule has 0 saturated heterocycles. The number of aliphatic hydroxyl groups excluding tert-OH is 1. The maximum atomic E-state index is 12.7. The molecule has 1 unspecified atom stereocenters. The number of aliphatic hydroxyl groups is 1. The average Bonchev–Trinajstić information content (AvgIpc) is 2.58. The Bertz CT molecular complexity index is 367. The van der Waals surface area contributed by atoms with Crippen LogP contribution in [0, 0.1) is 0 Å². The zero-order chi connectivity index (χ0) is 19.6. The van der Waals surface area contributed by atoms with Crippen molar-refractivity contribution in [3.05, 3.63) is 0 Å². The number of hydrogen-bond donors (Lipinski definition) is 3. The van der Waals surface area contributed by atoms with E-state index in [1.165, 1.54) is 0 Å². The minimum atomic E-state index is -3.19. The van der Waals surface area contributed by atoms with Crippen molar-refractivity contribution in [2.75, 3.05) is 55.8 Å². The molecule has 0 aromatic carbocycles. The number of alkyl halides is 4. The van der Waals surface area contributed by atoms with Crippen molar-refractivity contribution in [3.63, 3.8) is 0 Å². The molecular weight excluding hydrogens is 481 g/mol. The predicted molar refractivity (Wildman–Crippen MR) is 108 cm³/mol. The standard InChI is InChI=1S/C9H20Cl3N2O3P.C4H7BrO2/c10-2-6-14(7-3-11)18(16,17-9-4-12)13-5-1-8-15;5-3-1-2-4(6)7/h15H,1-9H2,(H,13,16);1-3H2,(H,6,7). The van der Waals surface area contributed by atoms with Gasteiger partial charge in [0.25, 0.3) is 0 Å². The molecule has 0 fully saturated rings. The molecule has 25 heavy (non-hydrogen) atoms. The van der Waals surface area contributed by atoms with Crippen molar-refractivity contribution in [2.24, 2.45) is 0 Å². The van der Waals surface area contributed by atoms with Gasteiger partial charge in [0.05, 0.1) is 6.61 Å². The van der Waals surface area contributed by atoms with Crippen molar-refractivity contribution in [1.82, 2.24) is 9.76 Å². The third kappa shape index (κ3) is 16.8. The van der Waals surface area contributed by atoms with Gasteiger partial charge < -0.3 is 14.7 Å². The molecule has 7 nitrogen and oxygen atoms in total. The SMILES string of the molecule is O=C(O)CCCBr.O=P(NCCCO)(OCCCl)N(CCCl)CCCl. The lowest BCUT2D eigenvalue weighted by molar-refractivity contribution is -0.137. The average molecular weight is 509 g/mol. The zero-order valence-electron chi connectivity index (χ0n) is 14.0. The minimum absolute atomic E-state index is 0.0213. The van der Waals surface area contributed by atoms with Crippen molar-refractivity contribution in [2.45, 2.75) is 19.3 Å². The number of hydrogen-bond acceptors (Lipinski definition) is 4. The fourth-order valence-corrected chi connectivity index (χ4v) is 4.54. The van der Waals surface area contributed by atoms with Crippen LogP contribution in [0.15, 0.2) is 0 Å². The lowest BCUT2D eigenvalue weighted by Gasteiger charge is -2.30. The van der Waals surface area contributed by atoms with Gasteiger partial charge in [-0.05, 0) is 12.8 Å². The second-order valence-corrected chi connectivity index (χ2v) is 8.65. The van der Waals surface area contributed by atoms with Crippen LogP contribution in [0.1, 0.15) is 19.3 Å². The number of carboxylic acid groups (broad SMARTS) is 1. The summed E-state index contributed by atoms with van der Waals surface area (Å²) >= 11 is 20.0. The highest BCUT2D eigenvalue weighted by molar-refractivity contribution is 9.09. The minimum Gasteiger partial charge on any atom is -0.481 e. The summed E-state index contributed by atoms with van der Waals surface area (Å²) in [5.41, 5.74) is 0. The van der Waals surface area contributed by atoms with E-state index in [4.69, 9.17) is 49.5 Å². The number of nitrogens with one attached hydrogen (secondary N) is 1. The zero-order valence-corrected chi connectivity index (χ0v) is 18.8. The van der Waals surface area contributed by atoms with E-state index in [1.807, 2.05) is 0 Å².